The van der Waals surface area contributed by atoms with Crippen LogP contribution in [-0.4, -0.2) is 17.4 Å². The number of hydrogen-bond donors (Lipinski definition) is 1. The van der Waals surface area contributed by atoms with Gasteiger partial charge in [0.05, 0.1) is 17.4 Å². The molecule has 0 saturated carbocycles. The summed E-state index contributed by atoms with van der Waals surface area (Å²) in [6.07, 6.45) is 4.42. The summed E-state index contributed by atoms with van der Waals surface area (Å²) in [5.41, 5.74) is 4.80. The zero-order chi connectivity index (χ0) is 16.4. The van der Waals surface area contributed by atoms with Gasteiger partial charge in [-0.25, -0.2) is 0 Å². The van der Waals surface area contributed by atoms with Gasteiger partial charge in [0, 0.05) is 24.1 Å². The van der Waals surface area contributed by atoms with Crippen molar-refractivity contribution in [2.45, 2.75) is 6.42 Å². The van der Waals surface area contributed by atoms with Crippen molar-refractivity contribution in [1.29, 1.82) is 0 Å². The van der Waals surface area contributed by atoms with Gasteiger partial charge in [0.2, 0.25) is 0 Å². The summed E-state index contributed by atoms with van der Waals surface area (Å²) in [5, 5.41) is 2.90. The van der Waals surface area contributed by atoms with Crippen molar-refractivity contribution in [1.82, 2.24) is 4.98 Å². The van der Waals surface area contributed by atoms with E-state index in [0.29, 0.717) is 5.56 Å². The van der Waals surface area contributed by atoms with Crippen LogP contribution in [0.3, 0.4) is 0 Å². The highest BCUT2D eigenvalue weighted by atomic mass is 16.1. The van der Waals surface area contributed by atoms with Gasteiger partial charge in [-0.2, -0.15) is 0 Å². The van der Waals surface area contributed by atoms with E-state index in [2.05, 4.69) is 33.4 Å². The number of benzene rings is 2. The fourth-order valence-electron chi connectivity index (χ4n) is 3.03. The molecule has 3 aromatic rings. The number of nitrogens with zero attached hydrogens (tertiary/aromatic N) is 2. The molecule has 2 aromatic carbocycles. The van der Waals surface area contributed by atoms with Gasteiger partial charge in [0.15, 0.2) is 0 Å². The molecule has 0 spiro atoms. The first-order chi connectivity index (χ1) is 11.8. The van der Waals surface area contributed by atoms with E-state index < -0.39 is 0 Å². The monoisotopic (exact) mass is 315 g/mol. The molecule has 4 rings (SSSR count). The lowest BCUT2D eigenvalue weighted by Crippen LogP contribution is -2.16. The van der Waals surface area contributed by atoms with Gasteiger partial charge < -0.3 is 10.2 Å². The molecule has 0 bridgehead atoms. The predicted molar refractivity (Wildman–Crippen MR) is 95.8 cm³/mol. The van der Waals surface area contributed by atoms with E-state index in [0.717, 1.165) is 24.3 Å². The third-order valence-electron chi connectivity index (χ3n) is 4.22. The van der Waals surface area contributed by atoms with Crippen LogP contribution < -0.4 is 10.2 Å². The second-order valence-electron chi connectivity index (χ2n) is 5.78. The SMILES string of the molecule is O=C(Nc1ccccc1)c1cncc(N2CCc3ccccc32)c1. The first-order valence-electron chi connectivity index (χ1n) is 7.98. The Balaban J connectivity index is 1.59. The van der Waals surface area contributed by atoms with Crippen molar-refractivity contribution < 1.29 is 4.79 Å². The molecular formula is C20H17N3O. The molecule has 1 amide bonds. The molecule has 0 aliphatic carbocycles. The summed E-state index contributed by atoms with van der Waals surface area (Å²) < 4.78 is 0. The van der Waals surface area contributed by atoms with E-state index in [1.807, 2.05) is 42.5 Å². The molecule has 1 aliphatic heterocycles. The first-order valence-corrected chi connectivity index (χ1v) is 7.98. The van der Waals surface area contributed by atoms with Crippen LogP contribution in [0, 0.1) is 0 Å². The van der Waals surface area contributed by atoms with Crippen LogP contribution in [0.15, 0.2) is 73.1 Å². The molecule has 0 unspecified atom stereocenters. The summed E-state index contributed by atoms with van der Waals surface area (Å²) in [5.74, 6) is -0.150. The average molecular weight is 315 g/mol. The van der Waals surface area contributed by atoms with Gasteiger partial charge in [-0.1, -0.05) is 36.4 Å². The minimum absolute atomic E-state index is 0.150. The Morgan fingerprint density at radius 3 is 2.67 bits per heavy atom. The summed E-state index contributed by atoms with van der Waals surface area (Å²) in [6, 6.07) is 19.7. The van der Waals surface area contributed by atoms with E-state index in [1.54, 1.807) is 12.4 Å². The van der Waals surface area contributed by atoms with Gasteiger partial charge in [-0.15, -0.1) is 0 Å². The zero-order valence-corrected chi connectivity index (χ0v) is 13.1. The normalized spacial score (nSPS) is 12.8. The average Bonchev–Trinajstić information content (AvgIpc) is 3.07. The van der Waals surface area contributed by atoms with E-state index in [4.69, 9.17) is 0 Å². The summed E-state index contributed by atoms with van der Waals surface area (Å²) >= 11 is 0. The number of amides is 1. The number of carbonyl (C=O) groups is 1. The van der Waals surface area contributed by atoms with Crippen LogP contribution in [0.5, 0.6) is 0 Å². The standard InChI is InChI=1S/C20H17N3O/c24-20(22-17-7-2-1-3-8-17)16-12-18(14-21-13-16)23-11-10-15-6-4-5-9-19(15)23/h1-9,12-14H,10-11H2,(H,22,24). The molecule has 118 valence electrons. The molecule has 0 fully saturated rings. The number of anilines is 3. The lowest BCUT2D eigenvalue weighted by molar-refractivity contribution is 0.102. The van der Waals surface area contributed by atoms with Gasteiger partial charge in [-0.05, 0) is 36.2 Å². The molecule has 4 nitrogen and oxygen atoms in total. The van der Waals surface area contributed by atoms with Gasteiger partial charge in [0.25, 0.3) is 5.91 Å². The molecule has 4 heteroatoms. The molecule has 2 heterocycles. The van der Waals surface area contributed by atoms with Crippen LogP contribution in [0.1, 0.15) is 15.9 Å². The van der Waals surface area contributed by atoms with Gasteiger partial charge >= 0.3 is 0 Å². The van der Waals surface area contributed by atoms with E-state index in [1.165, 1.54) is 11.3 Å². The summed E-state index contributed by atoms with van der Waals surface area (Å²) in [4.78, 5) is 18.9. The third kappa shape index (κ3) is 2.74. The Hall–Kier alpha value is -3.14. The first kappa shape index (κ1) is 14.5. The zero-order valence-electron chi connectivity index (χ0n) is 13.1. The van der Waals surface area contributed by atoms with Crippen LogP contribution in [0.4, 0.5) is 17.1 Å². The van der Waals surface area contributed by atoms with Crippen molar-refractivity contribution in [3.63, 3.8) is 0 Å². The van der Waals surface area contributed by atoms with Crippen LogP contribution in [0.2, 0.25) is 0 Å². The molecule has 1 aliphatic rings. The van der Waals surface area contributed by atoms with Crippen molar-refractivity contribution in [2.24, 2.45) is 0 Å². The highest BCUT2D eigenvalue weighted by molar-refractivity contribution is 6.04. The smallest absolute Gasteiger partial charge is 0.257 e. The number of para-hydroxylation sites is 2. The second kappa shape index (κ2) is 6.16. The summed E-state index contributed by atoms with van der Waals surface area (Å²) in [6.45, 7) is 0.908. The summed E-state index contributed by atoms with van der Waals surface area (Å²) in [7, 11) is 0. The molecule has 0 radical (unpaired) electrons. The Morgan fingerprint density at radius 2 is 1.79 bits per heavy atom. The Labute approximate surface area is 140 Å². The Morgan fingerprint density at radius 1 is 1.00 bits per heavy atom. The van der Waals surface area contributed by atoms with Crippen LogP contribution in [0.25, 0.3) is 0 Å². The number of fused-ring (bicyclic) bond motifs is 1. The number of hydrogen-bond acceptors (Lipinski definition) is 3. The number of rotatable bonds is 3. The fraction of sp³-hybridized carbons (Fsp3) is 0.100. The van der Waals surface area contributed by atoms with E-state index in [-0.39, 0.29) is 5.91 Å². The number of pyridine rings is 1. The van der Waals surface area contributed by atoms with Crippen LogP contribution in [-0.2, 0) is 6.42 Å². The van der Waals surface area contributed by atoms with Crippen molar-refractivity contribution in [3.05, 3.63) is 84.2 Å². The van der Waals surface area contributed by atoms with E-state index in [9.17, 15) is 4.79 Å². The van der Waals surface area contributed by atoms with Crippen molar-refractivity contribution in [3.8, 4) is 0 Å². The Bertz CT molecular complexity index is 877. The maximum absolute atomic E-state index is 12.5. The minimum atomic E-state index is -0.150. The maximum atomic E-state index is 12.5. The number of carbonyl (C=O) groups excluding carboxylic acids is 1. The molecular weight excluding hydrogens is 298 g/mol. The number of nitrogens with one attached hydrogen (secondary N) is 1. The lowest BCUT2D eigenvalue weighted by Gasteiger charge is -2.19. The molecule has 24 heavy (non-hydrogen) atoms. The van der Waals surface area contributed by atoms with E-state index >= 15 is 0 Å². The molecule has 1 N–H and O–H groups in total. The topological polar surface area (TPSA) is 45.2 Å². The van der Waals surface area contributed by atoms with Crippen molar-refractivity contribution >= 4 is 23.0 Å². The van der Waals surface area contributed by atoms with Crippen LogP contribution >= 0.6 is 0 Å². The van der Waals surface area contributed by atoms with Crippen molar-refractivity contribution in [2.75, 3.05) is 16.8 Å². The Kier molecular flexibility index (Phi) is 3.71. The predicted octanol–water partition coefficient (Wildman–Crippen LogP) is 4.03. The third-order valence-corrected chi connectivity index (χ3v) is 4.22. The number of aromatic nitrogens is 1. The maximum Gasteiger partial charge on any atom is 0.257 e. The van der Waals surface area contributed by atoms with Gasteiger partial charge in [0.1, 0.15) is 0 Å². The fourth-order valence-corrected chi connectivity index (χ4v) is 3.03. The highest BCUT2D eigenvalue weighted by Crippen LogP contribution is 2.34. The quantitative estimate of drug-likeness (QED) is 0.794. The highest BCUT2D eigenvalue weighted by Gasteiger charge is 2.20. The molecule has 0 saturated heterocycles. The molecule has 0 atom stereocenters. The van der Waals surface area contributed by atoms with Gasteiger partial charge in [-0.3, -0.25) is 9.78 Å². The molecule has 1 aromatic heterocycles. The second-order valence-corrected chi connectivity index (χ2v) is 5.78. The lowest BCUT2D eigenvalue weighted by atomic mass is 10.2. The minimum Gasteiger partial charge on any atom is -0.340 e. The largest absolute Gasteiger partial charge is 0.340 e.